The molecule has 146 valence electrons. The Hall–Kier alpha value is -1.26. The van der Waals surface area contributed by atoms with E-state index in [0.29, 0.717) is 5.56 Å². The topological polar surface area (TPSA) is 29.5 Å². The number of ether oxygens (including phenoxy) is 1. The molecule has 4 heteroatoms. The second-order valence-corrected chi connectivity index (χ2v) is 5.43. The number of hydrogen-bond donors (Lipinski definition) is 0. The Balaban J connectivity index is 0. The Morgan fingerprint density at radius 2 is 1.72 bits per heavy atom. The van der Waals surface area contributed by atoms with E-state index in [9.17, 15) is 9.18 Å². The van der Waals surface area contributed by atoms with Gasteiger partial charge in [0.1, 0.15) is 11.6 Å². The molecule has 0 saturated carbocycles. The highest BCUT2D eigenvalue weighted by molar-refractivity contribution is 5.78. The van der Waals surface area contributed by atoms with Gasteiger partial charge in [0.2, 0.25) is 0 Å². The van der Waals surface area contributed by atoms with Crippen LogP contribution in [0.1, 0.15) is 59.1 Å². The molecule has 1 heterocycles. The summed E-state index contributed by atoms with van der Waals surface area (Å²) in [6, 6.07) is 4.91. The second-order valence-electron chi connectivity index (χ2n) is 5.43. The zero-order valence-electron chi connectivity index (χ0n) is 17.3. The van der Waals surface area contributed by atoms with Gasteiger partial charge in [-0.2, -0.15) is 0 Å². The van der Waals surface area contributed by atoms with Crippen molar-refractivity contribution in [2.75, 3.05) is 32.8 Å². The minimum absolute atomic E-state index is 0.0160. The Morgan fingerprint density at radius 1 is 1.16 bits per heavy atom. The van der Waals surface area contributed by atoms with Crippen molar-refractivity contribution in [3.8, 4) is 0 Å². The number of nitrogens with zero attached hydrogens (tertiary/aromatic N) is 1. The molecule has 0 spiro atoms. The number of benzene rings is 1. The summed E-state index contributed by atoms with van der Waals surface area (Å²) in [5.41, 5.74) is 1.35. The van der Waals surface area contributed by atoms with Gasteiger partial charge in [-0.05, 0) is 44.0 Å². The summed E-state index contributed by atoms with van der Waals surface area (Å²) in [6.07, 6.45) is 1.45. The lowest BCUT2D eigenvalue weighted by Gasteiger charge is -2.25. The number of carbonyl (C=O) groups is 1. The van der Waals surface area contributed by atoms with Crippen molar-refractivity contribution in [3.05, 3.63) is 35.1 Å². The lowest BCUT2D eigenvalue weighted by molar-refractivity contribution is -0.116. The normalized spacial score (nSPS) is 13.3. The number of hydrogen-bond acceptors (Lipinski definition) is 3. The molecule has 0 radical (unpaired) electrons. The van der Waals surface area contributed by atoms with Crippen molar-refractivity contribution in [1.29, 1.82) is 0 Å². The highest BCUT2D eigenvalue weighted by Crippen LogP contribution is 2.10. The maximum absolute atomic E-state index is 13.1. The Labute approximate surface area is 154 Å². The van der Waals surface area contributed by atoms with Gasteiger partial charge in [-0.3, -0.25) is 9.69 Å². The van der Waals surface area contributed by atoms with Crippen LogP contribution in [0.3, 0.4) is 0 Å². The van der Waals surface area contributed by atoms with Crippen molar-refractivity contribution in [2.45, 2.75) is 61.3 Å². The van der Waals surface area contributed by atoms with Crippen LogP contribution in [-0.2, 0) is 16.0 Å². The maximum atomic E-state index is 13.1. The fourth-order valence-electron chi connectivity index (χ4n) is 2.20. The first kappa shape index (κ1) is 26.0. The number of carbonyl (C=O) groups excluding carboxylic acids is 1. The molecule has 1 aromatic carbocycles. The molecule has 1 aliphatic heterocycles. The van der Waals surface area contributed by atoms with Crippen LogP contribution >= 0.6 is 0 Å². The van der Waals surface area contributed by atoms with Crippen LogP contribution in [0.2, 0.25) is 0 Å². The number of aryl methyl sites for hydroxylation is 1. The number of rotatable bonds is 4. The summed E-state index contributed by atoms with van der Waals surface area (Å²) in [4.78, 5) is 13.1. The van der Waals surface area contributed by atoms with Gasteiger partial charge in [-0.25, -0.2) is 4.39 Å². The van der Waals surface area contributed by atoms with E-state index in [1.165, 1.54) is 26.0 Å². The molecule has 1 aliphatic rings. The standard InChI is InChI=1S/C10H11FO.C7H15NO.2C2H6/c1-7-3-4-9(6-8(2)12)10(11)5-7;1-2-3-8-4-6-9-7-5-8;2*1-2/h3-5H,6H2,1-2H3;2-7H2,1H3;2*1-2H3. The van der Waals surface area contributed by atoms with E-state index in [1.54, 1.807) is 12.1 Å². The van der Waals surface area contributed by atoms with Gasteiger partial charge in [0.05, 0.1) is 13.2 Å². The van der Waals surface area contributed by atoms with Gasteiger partial charge in [-0.15, -0.1) is 0 Å². The van der Waals surface area contributed by atoms with E-state index in [1.807, 2.05) is 34.6 Å². The highest BCUT2D eigenvalue weighted by atomic mass is 19.1. The van der Waals surface area contributed by atoms with Crippen molar-refractivity contribution in [3.63, 3.8) is 0 Å². The zero-order valence-corrected chi connectivity index (χ0v) is 17.3. The lowest BCUT2D eigenvalue weighted by atomic mass is 10.1. The smallest absolute Gasteiger partial charge is 0.134 e. The first-order chi connectivity index (χ1) is 12.0. The highest BCUT2D eigenvalue weighted by Gasteiger charge is 2.07. The molecule has 0 aliphatic carbocycles. The van der Waals surface area contributed by atoms with Crippen molar-refractivity contribution < 1.29 is 13.9 Å². The third-order valence-electron chi connectivity index (χ3n) is 3.29. The monoisotopic (exact) mass is 355 g/mol. The predicted octanol–water partition coefficient (Wildman–Crippen LogP) is 5.05. The van der Waals surface area contributed by atoms with Crippen molar-refractivity contribution >= 4 is 5.78 Å². The molecule has 25 heavy (non-hydrogen) atoms. The average Bonchev–Trinajstić information content (AvgIpc) is 2.62. The molecule has 0 unspecified atom stereocenters. The van der Waals surface area contributed by atoms with Gasteiger partial charge in [-0.1, -0.05) is 46.8 Å². The van der Waals surface area contributed by atoms with E-state index < -0.39 is 0 Å². The van der Waals surface area contributed by atoms with Crippen LogP contribution in [0, 0.1) is 12.7 Å². The third kappa shape index (κ3) is 13.7. The molecule has 3 nitrogen and oxygen atoms in total. The molecule has 1 aromatic rings. The van der Waals surface area contributed by atoms with Gasteiger partial charge < -0.3 is 4.74 Å². The first-order valence-electron chi connectivity index (χ1n) is 9.57. The molecule has 0 atom stereocenters. The largest absolute Gasteiger partial charge is 0.379 e. The summed E-state index contributed by atoms with van der Waals surface area (Å²) in [5.74, 6) is -0.303. The fraction of sp³-hybridized carbons (Fsp3) is 0.667. The molecule has 0 amide bonds. The van der Waals surface area contributed by atoms with E-state index >= 15 is 0 Å². The van der Waals surface area contributed by atoms with Crippen LogP contribution in [0.25, 0.3) is 0 Å². The zero-order chi connectivity index (χ0) is 19.7. The van der Waals surface area contributed by atoms with Crippen LogP contribution in [0.4, 0.5) is 4.39 Å². The van der Waals surface area contributed by atoms with E-state index in [4.69, 9.17) is 4.74 Å². The molecule has 0 aromatic heterocycles. The molecule has 0 bridgehead atoms. The van der Waals surface area contributed by atoms with Gasteiger partial charge in [0, 0.05) is 19.5 Å². The van der Waals surface area contributed by atoms with E-state index in [0.717, 1.165) is 31.9 Å². The molecule has 0 N–H and O–H groups in total. The molecular formula is C21H38FNO2. The van der Waals surface area contributed by atoms with Crippen LogP contribution in [0.15, 0.2) is 18.2 Å². The quantitative estimate of drug-likeness (QED) is 0.757. The van der Waals surface area contributed by atoms with Crippen LogP contribution in [-0.4, -0.2) is 43.5 Å². The third-order valence-corrected chi connectivity index (χ3v) is 3.29. The average molecular weight is 356 g/mol. The number of Topliss-reactive ketones (excluding diaryl/α,β-unsaturated/α-hetero) is 1. The van der Waals surface area contributed by atoms with Gasteiger partial charge in [0.25, 0.3) is 0 Å². The molecular weight excluding hydrogens is 317 g/mol. The predicted molar refractivity (Wildman–Crippen MR) is 106 cm³/mol. The summed E-state index contributed by atoms with van der Waals surface area (Å²) in [7, 11) is 0. The fourth-order valence-corrected chi connectivity index (χ4v) is 2.20. The van der Waals surface area contributed by atoms with E-state index in [2.05, 4.69) is 11.8 Å². The maximum Gasteiger partial charge on any atom is 0.134 e. The van der Waals surface area contributed by atoms with Crippen LogP contribution < -0.4 is 0 Å². The molecule has 2 rings (SSSR count). The number of halogens is 1. The number of morpholine rings is 1. The Bertz CT molecular complexity index is 441. The summed E-state index contributed by atoms with van der Waals surface area (Å²) < 4.78 is 18.3. The van der Waals surface area contributed by atoms with E-state index in [-0.39, 0.29) is 18.0 Å². The van der Waals surface area contributed by atoms with Crippen molar-refractivity contribution in [2.24, 2.45) is 0 Å². The number of ketones is 1. The first-order valence-corrected chi connectivity index (χ1v) is 9.57. The summed E-state index contributed by atoms with van der Waals surface area (Å²) in [5, 5.41) is 0. The van der Waals surface area contributed by atoms with Gasteiger partial charge >= 0.3 is 0 Å². The van der Waals surface area contributed by atoms with Gasteiger partial charge in [0.15, 0.2) is 0 Å². The summed E-state index contributed by atoms with van der Waals surface area (Å²) in [6.45, 7) is 18.9. The minimum Gasteiger partial charge on any atom is -0.379 e. The SMILES string of the molecule is CC.CC.CC(=O)Cc1ccc(C)cc1F.CCCN1CCOCC1. The second kappa shape index (κ2) is 17.6. The van der Waals surface area contributed by atoms with Crippen molar-refractivity contribution in [1.82, 2.24) is 4.90 Å². The summed E-state index contributed by atoms with van der Waals surface area (Å²) >= 11 is 0. The Kier molecular flexibility index (Phi) is 18.2. The van der Waals surface area contributed by atoms with Crippen LogP contribution in [0.5, 0.6) is 0 Å². The molecule has 1 saturated heterocycles. The lowest BCUT2D eigenvalue weighted by Crippen LogP contribution is -2.36. The minimum atomic E-state index is -0.287. The Morgan fingerprint density at radius 3 is 2.16 bits per heavy atom. The molecule has 1 fully saturated rings.